The molecule has 2 aromatic carbocycles. The largest absolute Gasteiger partial charge is 0.486 e. The van der Waals surface area contributed by atoms with E-state index in [0.29, 0.717) is 5.76 Å². The minimum atomic E-state index is -4.47. The van der Waals surface area contributed by atoms with Crippen LogP contribution in [-0.4, -0.2) is 10.7 Å². The maximum atomic E-state index is 12.7. The fraction of sp³-hybridized carbons (Fsp3) is 0.0952. The van der Waals surface area contributed by atoms with Crippen LogP contribution < -0.4 is 4.74 Å². The molecule has 30 heavy (non-hydrogen) atoms. The van der Waals surface area contributed by atoms with Gasteiger partial charge in [-0.25, -0.2) is 0 Å². The highest BCUT2D eigenvalue weighted by molar-refractivity contribution is 6.09. The molecule has 0 aliphatic rings. The quantitative estimate of drug-likeness (QED) is 0.214. The number of rotatable bonds is 7. The summed E-state index contributed by atoms with van der Waals surface area (Å²) in [4.78, 5) is 22.6. The number of ketones is 1. The summed E-state index contributed by atoms with van der Waals surface area (Å²) >= 11 is 0. The van der Waals surface area contributed by atoms with Gasteiger partial charge in [-0.05, 0) is 48.6 Å². The van der Waals surface area contributed by atoms with Gasteiger partial charge in [-0.15, -0.1) is 0 Å². The molecule has 0 saturated carbocycles. The first-order valence-electron chi connectivity index (χ1n) is 8.58. The minimum absolute atomic E-state index is 0.0323. The molecule has 6 nitrogen and oxygen atoms in total. The lowest BCUT2D eigenvalue weighted by atomic mass is 10.1. The smallest absolute Gasteiger partial charge is 0.416 e. The highest BCUT2D eigenvalue weighted by Crippen LogP contribution is 2.31. The van der Waals surface area contributed by atoms with Gasteiger partial charge in [0.15, 0.2) is 5.78 Å². The van der Waals surface area contributed by atoms with E-state index >= 15 is 0 Å². The van der Waals surface area contributed by atoms with Gasteiger partial charge in [0.25, 0.3) is 5.69 Å². The predicted octanol–water partition coefficient (Wildman–Crippen LogP) is 5.68. The fourth-order valence-electron chi connectivity index (χ4n) is 2.57. The van der Waals surface area contributed by atoms with Gasteiger partial charge in [-0.1, -0.05) is 18.2 Å². The van der Waals surface area contributed by atoms with Crippen LogP contribution in [0.2, 0.25) is 0 Å². The second-order valence-corrected chi connectivity index (χ2v) is 6.09. The summed E-state index contributed by atoms with van der Waals surface area (Å²) in [7, 11) is 0. The summed E-state index contributed by atoms with van der Waals surface area (Å²) in [6, 6.07) is 13.1. The molecule has 0 N–H and O–H groups in total. The number of para-hydroxylation sites is 1. The Morgan fingerprint density at radius 1 is 1.10 bits per heavy atom. The molecule has 0 unspecified atom stereocenters. The zero-order valence-electron chi connectivity index (χ0n) is 15.3. The fourth-order valence-corrected chi connectivity index (χ4v) is 2.57. The molecule has 9 heteroatoms. The van der Waals surface area contributed by atoms with E-state index in [-0.39, 0.29) is 29.4 Å². The van der Waals surface area contributed by atoms with Gasteiger partial charge in [0.05, 0.1) is 16.1 Å². The van der Waals surface area contributed by atoms with Gasteiger partial charge in [0.2, 0.25) is 0 Å². The zero-order valence-corrected chi connectivity index (χ0v) is 15.3. The van der Waals surface area contributed by atoms with Crippen molar-refractivity contribution in [1.29, 1.82) is 0 Å². The first kappa shape index (κ1) is 20.8. The van der Waals surface area contributed by atoms with Crippen molar-refractivity contribution in [2.24, 2.45) is 0 Å². The Bertz CT molecular complexity index is 1100. The number of nitro benzene ring substituents is 1. The van der Waals surface area contributed by atoms with E-state index in [2.05, 4.69) is 0 Å². The number of nitrogens with zero attached hydrogens (tertiary/aromatic N) is 1. The Morgan fingerprint density at radius 3 is 2.60 bits per heavy atom. The number of furan rings is 1. The highest BCUT2D eigenvalue weighted by atomic mass is 19.4. The zero-order chi connectivity index (χ0) is 21.7. The second-order valence-electron chi connectivity index (χ2n) is 6.09. The predicted molar refractivity (Wildman–Crippen MR) is 101 cm³/mol. The summed E-state index contributed by atoms with van der Waals surface area (Å²) in [5.74, 6) is 0.0696. The van der Waals surface area contributed by atoms with Gasteiger partial charge >= 0.3 is 6.18 Å². The number of benzene rings is 2. The summed E-state index contributed by atoms with van der Waals surface area (Å²) < 4.78 is 49.0. The van der Waals surface area contributed by atoms with E-state index in [1.165, 1.54) is 48.5 Å². The molecule has 3 rings (SSSR count). The van der Waals surface area contributed by atoms with E-state index in [9.17, 15) is 28.1 Å². The van der Waals surface area contributed by atoms with Crippen LogP contribution in [0, 0.1) is 10.1 Å². The van der Waals surface area contributed by atoms with Gasteiger partial charge in [0, 0.05) is 6.07 Å². The Labute approximate surface area is 168 Å². The van der Waals surface area contributed by atoms with E-state index in [1.807, 2.05) is 0 Å². The number of hydrogen-bond acceptors (Lipinski definition) is 5. The summed E-state index contributed by atoms with van der Waals surface area (Å²) in [5, 5.41) is 11.0. The highest BCUT2D eigenvalue weighted by Gasteiger charge is 2.30. The summed E-state index contributed by atoms with van der Waals surface area (Å²) in [5.41, 5.74) is -1.18. The third-order valence-corrected chi connectivity index (χ3v) is 3.99. The number of allylic oxidation sites excluding steroid dienone is 1. The number of nitro groups is 1. The Kier molecular flexibility index (Phi) is 6.01. The molecule has 0 bridgehead atoms. The van der Waals surface area contributed by atoms with Crippen molar-refractivity contribution in [3.8, 4) is 5.75 Å². The van der Waals surface area contributed by atoms with Crippen LogP contribution in [0.4, 0.5) is 18.9 Å². The molecule has 0 spiro atoms. The molecular weight excluding hydrogens is 403 g/mol. The molecular formula is C21H14F3NO5. The van der Waals surface area contributed by atoms with Crippen molar-refractivity contribution >= 4 is 17.5 Å². The molecule has 1 aromatic heterocycles. The van der Waals surface area contributed by atoms with Gasteiger partial charge in [-0.2, -0.15) is 13.2 Å². The van der Waals surface area contributed by atoms with Crippen molar-refractivity contribution in [3.63, 3.8) is 0 Å². The lowest BCUT2D eigenvalue weighted by Crippen LogP contribution is -2.05. The topological polar surface area (TPSA) is 82.6 Å². The van der Waals surface area contributed by atoms with E-state index in [0.717, 1.165) is 18.2 Å². The molecule has 0 atom stereocenters. The van der Waals surface area contributed by atoms with Crippen molar-refractivity contribution in [3.05, 3.63) is 99.5 Å². The molecule has 154 valence electrons. The number of alkyl halides is 3. The lowest BCUT2D eigenvalue weighted by Gasteiger charge is -2.09. The van der Waals surface area contributed by atoms with Gasteiger partial charge in [-0.3, -0.25) is 14.9 Å². The van der Waals surface area contributed by atoms with Gasteiger partial charge < -0.3 is 9.15 Å². The first-order valence-corrected chi connectivity index (χ1v) is 8.58. The average molecular weight is 417 g/mol. The van der Waals surface area contributed by atoms with Crippen molar-refractivity contribution in [1.82, 2.24) is 0 Å². The maximum absolute atomic E-state index is 12.7. The molecule has 0 aliphatic carbocycles. The van der Waals surface area contributed by atoms with Crippen molar-refractivity contribution in [2.45, 2.75) is 12.8 Å². The lowest BCUT2D eigenvalue weighted by molar-refractivity contribution is -0.385. The molecule has 0 amide bonds. The molecule has 0 saturated heterocycles. The summed E-state index contributed by atoms with van der Waals surface area (Å²) in [6.45, 7) is -0.118. The Hall–Kier alpha value is -3.88. The Morgan fingerprint density at radius 2 is 1.87 bits per heavy atom. The monoisotopic (exact) mass is 417 g/mol. The molecule has 1 heterocycles. The standard InChI is InChI=1S/C21H14F3NO5/c22-21(23,24)14-4-3-5-16(12-14)29-13-17-9-8-15(30-17)10-11-20(26)18-6-1-2-7-19(18)25(27)28/h1-12H,13H2/b11-10+. The van der Waals surface area contributed by atoms with Crippen LogP contribution in [0.3, 0.4) is 0 Å². The van der Waals surface area contributed by atoms with Crippen LogP contribution in [0.1, 0.15) is 27.4 Å². The van der Waals surface area contributed by atoms with E-state index in [1.54, 1.807) is 6.07 Å². The molecule has 0 aliphatic heterocycles. The van der Waals surface area contributed by atoms with Crippen LogP contribution in [0.5, 0.6) is 5.75 Å². The number of ether oxygens (including phenoxy) is 1. The van der Waals surface area contributed by atoms with E-state index in [4.69, 9.17) is 9.15 Å². The number of carbonyl (C=O) groups is 1. The number of carbonyl (C=O) groups excluding carboxylic acids is 1. The van der Waals surface area contributed by atoms with Crippen LogP contribution in [0.25, 0.3) is 6.08 Å². The maximum Gasteiger partial charge on any atom is 0.416 e. The van der Waals surface area contributed by atoms with Gasteiger partial charge in [0.1, 0.15) is 23.9 Å². The van der Waals surface area contributed by atoms with Crippen LogP contribution in [0.15, 0.2) is 71.2 Å². The molecule has 0 radical (unpaired) electrons. The Balaban J connectivity index is 1.65. The molecule has 3 aromatic rings. The SMILES string of the molecule is O=C(/C=C/c1ccc(COc2cccc(C(F)(F)F)c2)o1)c1ccccc1[N+](=O)[O-]. The number of halogens is 3. The first-order chi connectivity index (χ1) is 14.2. The van der Waals surface area contributed by atoms with E-state index < -0.39 is 22.4 Å². The second kappa shape index (κ2) is 8.64. The third-order valence-electron chi connectivity index (χ3n) is 3.99. The average Bonchev–Trinajstić information content (AvgIpc) is 3.18. The normalized spacial score (nSPS) is 11.6. The number of hydrogen-bond donors (Lipinski definition) is 0. The van der Waals surface area contributed by atoms with Crippen molar-refractivity contribution in [2.75, 3.05) is 0 Å². The van der Waals surface area contributed by atoms with Crippen LogP contribution in [-0.2, 0) is 12.8 Å². The van der Waals surface area contributed by atoms with Crippen molar-refractivity contribution < 1.29 is 32.0 Å². The van der Waals surface area contributed by atoms with Crippen LogP contribution >= 0.6 is 0 Å². The minimum Gasteiger partial charge on any atom is -0.486 e. The third kappa shape index (κ3) is 5.13. The molecule has 0 fully saturated rings. The summed E-state index contributed by atoms with van der Waals surface area (Å²) in [6.07, 6.45) is -1.99.